The number of likely N-dealkylation sites (N-methyl/N-ethyl adjacent to an activating group) is 1. The number of hydrogen-bond donors (Lipinski definition) is 3. The summed E-state index contributed by atoms with van der Waals surface area (Å²) in [6, 6.07) is 14.8. The van der Waals surface area contributed by atoms with Crippen LogP contribution in [0, 0.1) is 0 Å². The third-order valence-corrected chi connectivity index (χ3v) is 5.73. The fourth-order valence-corrected chi connectivity index (χ4v) is 3.68. The lowest BCUT2D eigenvalue weighted by molar-refractivity contribution is -0.132. The van der Waals surface area contributed by atoms with E-state index in [-0.39, 0.29) is 18.1 Å². The lowest BCUT2D eigenvalue weighted by Crippen LogP contribution is -2.56. The Bertz CT molecular complexity index is 960. The number of methoxy groups -OCH3 is 1. The van der Waals surface area contributed by atoms with Crippen molar-refractivity contribution in [3.05, 3.63) is 65.7 Å². The fraction of sp³-hybridized carbons (Fsp3) is 0.423. The van der Waals surface area contributed by atoms with Gasteiger partial charge >= 0.3 is 0 Å². The van der Waals surface area contributed by atoms with Gasteiger partial charge in [0.15, 0.2) is 5.78 Å². The van der Waals surface area contributed by atoms with Crippen LogP contribution in [0.3, 0.4) is 0 Å². The third kappa shape index (κ3) is 7.40. The summed E-state index contributed by atoms with van der Waals surface area (Å²) in [4.78, 5) is 38.9. The van der Waals surface area contributed by atoms with Gasteiger partial charge in [-0.15, -0.1) is 0 Å². The van der Waals surface area contributed by atoms with E-state index in [1.165, 1.54) is 0 Å². The Morgan fingerprint density at radius 3 is 2.12 bits per heavy atom. The van der Waals surface area contributed by atoms with Gasteiger partial charge in [0.25, 0.3) is 0 Å². The molecule has 8 heteroatoms. The predicted molar refractivity (Wildman–Crippen MR) is 129 cm³/mol. The zero-order valence-electron chi connectivity index (χ0n) is 19.9. The predicted octanol–water partition coefficient (Wildman–Crippen LogP) is 1.42. The van der Waals surface area contributed by atoms with Gasteiger partial charge in [-0.1, -0.05) is 49.4 Å². The number of ketones is 1. The molecule has 1 fully saturated rings. The Morgan fingerprint density at radius 1 is 0.941 bits per heavy atom. The molecule has 1 aliphatic rings. The maximum atomic E-state index is 13.4. The normalized spacial score (nSPS) is 17.2. The summed E-state index contributed by atoms with van der Waals surface area (Å²) in [7, 11) is 1.58. The van der Waals surface area contributed by atoms with Gasteiger partial charge in [0.2, 0.25) is 11.8 Å². The maximum absolute atomic E-state index is 13.4. The largest absolute Gasteiger partial charge is 0.497 e. The van der Waals surface area contributed by atoms with E-state index in [0.29, 0.717) is 25.3 Å². The Balaban J connectivity index is 1.77. The molecule has 0 aromatic heterocycles. The van der Waals surface area contributed by atoms with Crippen molar-refractivity contribution >= 4 is 17.6 Å². The second-order valence-corrected chi connectivity index (χ2v) is 8.37. The van der Waals surface area contributed by atoms with E-state index in [4.69, 9.17) is 9.47 Å². The van der Waals surface area contributed by atoms with Crippen molar-refractivity contribution in [1.82, 2.24) is 16.0 Å². The Hall–Kier alpha value is -3.23. The molecule has 34 heavy (non-hydrogen) atoms. The third-order valence-electron chi connectivity index (χ3n) is 5.73. The average Bonchev–Trinajstić information content (AvgIpc) is 3.69. The summed E-state index contributed by atoms with van der Waals surface area (Å²) >= 11 is 0. The van der Waals surface area contributed by atoms with Crippen molar-refractivity contribution in [1.29, 1.82) is 0 Å². The highest BCUT2D eigenvalue weighted by Gasteiger charge is 2.38. The highest BCUT2D eigenvalue weighted by atomic mass is 16.6. The molecule has 8 nitrogen and oxygen atoms in total. The van der Waals surface area contributed by atoms with E-state index in [9.17, 15) is 14.4 Å². The number of nitrogens with one attached hydrogen (secondary N) is 3. The molecule has 4 atom stereocenters. The van der Waals surface area contributed by atoms with Crippen LogP contribution in [0.2, 0.25) is 0 Å². The summed E-state index contributed by atoms with van der Waals surface area (Å²) in [5.74, 6) is -0.157. The van der Waals surface area contributed by atoms with Gasteiger partial charge in [-0.3, -0.25) is 14.4 Å². The van der Waals surface area contributed by atoms with Crippen LogP contribution in [-0.2, 0) is 32.0 Å². The maximum Gasteiger partial charge on any atom is 0.243 e. The zero-order chi connectivity index (χ0) is 24.5. The first-order chi connectivity index (χ1) is 16.4. The van der Waals surface area contributed by atoms with Crippen LogP contribution < -0.4 is 20.7 Å². The van der Waals surface area contributed by atoms with Crippen LogP contribution in [0.5, 0.6) is 5.75 Å². The van der Waals surface area contributed by atoms with Gasteiger partial charge in [-0.2, -0.15) is 0 Å². The lowest BCUT2D eigenvalue weighted by Gasteiger charge is -2.24. The van der Waals surface area contributed by atoms with E-state index < -0.39 is 30.1 Å². The highest BCUT2D eigenvalue weighted by Crippen LogP contribution is 2.16. The topological polar surface area (TPSA) is 109 Å². The number of carbonyl (C=O) groups excluding carboxylic acids is 3. The first-order valence-corrected chi connectivity index (χ1v) is 11.6. The molecule has 2 aromatic carbocycles. The van der Waals surface area contributed by atoms with E-state index in [1.807, 2.05) is 49.4 Å². The summed E-state index contributed by atoms with van der Waals surface area (Å²) < 4.78 is 10.4. The number of Topliss-reactive ketones (excluding diaryl/α,β-unsaturated/α-hetero) is 1. The second kappa shape index (κ2) is 12.3. The molecule has 182 valence electrons. The molecule has 2 amide bonds. The molecule has 1 saturated heterocycles. The van der Waals surface area contributed by atoms with Crippen molar-refractivity contribution in [3.63, 3.8) is 0 Å². The molecule has 0 unspecified atom stereocenters. The van der Waals surface area contributed by atoms with E-state index >= 15 is 0 Å². The number of epoxide rings is 1. The lowest BCUT2D eigenvalue weighted by atomic mass is 9.99. The molecule has 0 bridgehead atoms. The number of benzene rings is 2. The van der Waals surface area contributed by atoms with Gasteiger partial charge in [-0.25, -0.2) is 0 Å². The molecule has 2 aromatic rings. The van der Waals surface area contributed by atoms with Gasteiger partial charge in [0, 0.05) is 6.42 Å². The van der Waals surface area contributed by atoms with Crippen molar-refractivity contribution in [2.45, 2.75) is 50.9 Å². The Labute approximate surface area is 200 Å². The Morgan fingerprint density at radius 2 is 1.53 bits per heavy atom. The van der Waals surface area contributed by atoms with Crippen LogP contribution in [0.1, 0.15) is 25.0 Å². The second-order valence-electron chi connectivity index (χ2n) is 8.37. The summed E-state index contributed by atoms with van der Waals surface area (Å²) in [5, 5.41) is 8.77. The number of amides is 2. The standard InChI is InChI=1S/C26H33N3O5/c1-4-27-17(2)25(31)29-22(15-19-10-12-20(33-3)13-11-19)26(32)28-21(24(30)23-16-34-23)14-18-8-6-5-7-9-18/h5-13,17,21-23,27H,4,14-16H2,1-3H3,(H,28,32)(H,29,31)/t17-,21-,22-,23+/m0/s1. The van der Waals surface area contributed by atoms with Gasteiger partial charge in [-0.05, 0) is 43.1 Å². The molecule has 3 rings (SSSR count). The zero-order valence-corrected chi connectivity index (χ0v) is 19.9. The van der Waals surface area contributed by atoms with Crippen LogP contribution in [0.15, 0.2) is 54.6 Å². The molecule has 1 heterocycles. The van der Waals surface area contributed by atoms with Gasteiger partial charge < -0.3 is 25.4 Å². The minimum atomic E-state index is -0.854. The van der Waals surface area contributed by atoms with E-state index in [2.05, 4.69) is 16.0 Å². The molecular weight excluding hydrogens is 434 g/mol. The first-order valence-electron chi connectivity index (χ1n) is 11.6. The average molecular weight is 468 g/mol. The van der Waals surface area contributed by atoms with Crippen molar-refractivity contribution in [2.75, 3.05) is 20.3 Å². The van der Waals surface area contributed by atoms with Crippen molar-refractivity contribution < 1.29 is 23.9 Å². The van der Waals surface area contributed by atoms with Crippen LogP contribution in [0.25, 0.3) is 0 Å². The molecular formula is C26H33N3O5. The van der Waals surface area contributed by atoms with Crippen LogP contribution in [-0.4, -0.2) is 62.1 Å². The number of carbonyl (C=O) groups is 3. The number of hydrogen-bond acceptors (Lipinski definition) is 6. The molecule has 3 N–H and O–H groups in total. The summed E-state index contributed by atoms with van der Waals surface area (Å²) in [6.07, 6.45) is 0.131. The van der Waals surface area contributed by atoms with Gasteiger partial charge in [0.05, 0.1) is 25.8 Å². The van der Waals surface area contributed by atoms with E-state index in [1.54, 1.807) is 26.2 Å². The summed E-state index contributed by atoms with van der Waals surface area (Å²) in [5.41, 5.74) is 1.78. The van der Waals surface area contributed by atoms with Crippen LogP contribution >= 0.6 is 0 Å². The molecule has 0 spiro atoms. The minimum Gasteiger partial charge on any atom is -0.497 e. The molecule has 0 radical (unpaired) electrons. The van der Waals surface area contributed by atoms with E-state index in [0.717, 1.165) is 11.1 Å². The highest BCUT2D eigenvalue weighted by molar-refractivity contribution is 5.96. The minimum absolute atomic E-state index is 0.159. The quantitative estimate of drug-likeness (QED) is 0.385. The number of rotatable bonds is 13. The van der Waals surface area contributed by atoms with Crippen molar-refractivity contribution in [3.8, 4) is 5.75 Å². The Kier molecular flexibility index (Phi) is 9.18. The van der Waals surface area contributed by atoms with Gasteiger partial charge in [0.1, 0.15) is 17.9 Å². The molecule has 0 saturated carbocycles. The molecule has 0 aliphatic carbocycles. The van der Waals surface area contributed by atoms with Crippen molar-refractivity contribution in [2.24, 2.45) is 0 Å². The SMILES string of the molecule is CCN[C@@H](C)C(=O)N[C@@H](Cc1ccc(OC)cc1)C(=O)N[C@@H](Cc1ccccc1)C(=O)[C@H]1CO1. The first kappa shape index (κ1) is 25.4. The van der Waals surface area contributed by atoms with Crippen LogP contribution in [0.4, 0.5) is 0 Å². The molecule has 1 aliphatic heterocycles. The summed E-state index contributed by atoms with van der Waals surface area (Å²) in [6.45, 7) is 4.64. The smallest absolute Gasteiger partial charge is 0.243 e. The fourth-order valence-electron chi connectivity index (χ4n) is 3.68. The monoisotopic (exact) mass is 467 g/mol. The number of ether oxygens (including phenoxy) is 2.